The molecule has 0 atom stereocenters. The lowest BCUT2D eigenvalue weighted by Crippen LogP contribution is -2.21. The van der Waals surface area contributed by atoms with Crippen LogP contribution in [0.15, 0.2) is 29.3 Å². The highest BCUT2D eigenvalue weighted by Gasteiger charge is 2.23. The van der Waals surface area contributed by atoms with Crippen LogP contribution in [0.5, 0.6) is 0 Å². The molecule has 1 aliphatic heterocycles. The zero-order valence-electron chi connectivity index (χ0n) is 14.2. The number of carbonyl (C=O) groups is 2. The molecule has 0 bridgehead atoms. The number of nitrogens with one attached hydrogen (secondary N) is 2. The number of H-pyrrole nitrogens is 1. The van der Waals surface area contributed by atoms with Crippen molar-refractivity contribution in [3.63, 3.8) is 0 Å². The van der Waals surface area contributed by atoms with Crippen molar-refractivity contribution >= 4 is 17.5 Å². The minimum Gasteiger partial charge on any atom is -0.444 e. The Balaban J connectivity index is 1.55. The Hall–Kier alpha value is -3.47. The molecule has 1 fully saturated rings. The van der Waals surface area contributed by atoms with Crippen molar-refractivity contribution in [3.8, 4) is 11.5 Å². The summed E-state index contributed by atoms with van der Waals surface area (Å²) in [5.41, 5.74) is 6.29. The second kappa shape index (κ2) is 7.03. The van der Waals surface area contributed by atoms with Gasteiger partial charge >= 0.3 is 0 Å². The molecule has 11 nitrogen and oxygen atoms in total. The monoisotopic (exact) mass is 371 g/mol. The van der Waals surface area contributed by atoms with Crippen LogP contribution in [0.4, 0.5) is 5.69 Å². The largest absolute Gasteiger partial charge is 0.444 e. The maximum absolute atomic E-state index is 12.5. The van der Waals surface area contributed by atoms with E-state index in [2.05, 4.69) is 25.6 Å². The molecule has 1 aliphatic rings. The number of rotatable bonds is 5. The van der Waals surface area contributed by atoms with E-state index in [1.165, 1.54) is 12.5 Å². The van der Waals surface area contributed by atoms with Gasteiger partial charge in [0.15, 0.2) is 11.4 Å². The molecule has 3 aromatic heterocycles. The molecule has 0 unspecified atom stereocenters. The maximum atomic E-state index is 12.5. The number of oxazole rings is 1. The molecule has 140 valence electrons. The topological polar surface area (TPSA) is 154 Å². The first-order valence-corrected chi connectivity index (χ1v) is 8.34. The number of aromatic amines is 1. The summed E-state index contributed by atoms with van der Waals surface area (Å²) in [5, 5.41) is 13.3. The zero-order valence-corrected chi connectivity index (χ0v) is 14.2. The first-order chi connectivity index (χ1) is 13.1. The molecule has 0 aliphatic carbocycles. The lowest BCUT2D eigenvalue weighted by Gasteiger charge is -2.22. The van der Waals surface area contributed by atoms with Gasteiger partial charge in [0.1, 0.15) is 6.26 Å². The number of ether oxygens (including phenoxy) is 1. The predicted octanol–water partition coefficient (Wildman–Crippen LogP) is 0.964. The van der Waals surface area contributed by atoms with Gasteiger partial charge in [-0.3, -0.25) is 19.4 Å². The second-order valence-corrected chi connectivity index (χ2v) is 6.06. The van der Waals surface area contributed by atoms with E-state index in [1.54, 1.807) is 17.1 Å². The number of aromatic nitrogens is 5. The Morgan fingerprint density at radius 1 is 1.33 bits per heavy atom. The Morgan fingerprint density at radius 3 is 2.85 bits per heavy atom. The fraction of sp³-hybridized carbons (Fsp3) is 0.312. The third-order valence-electron chi connectivity index (χ3n) is 4.26. The minimum atomic E-state index is -0.727. The molecule has 4 N–H and O–H groups in total. The van der Waals surface area contributed by atoms with Gasteiger partial charge in [0, 0.05) is 25.6 Å². The first-order valence-electron chi connectivity index (χ1n) is 8.34. The van der Waals surface area contributed by atoms with Crippen LogP contribution in [-0.2, 0) is 4.74 Å². The molecule has 3 aromatic rings. The number of hydrogen-bond donors (Lipinski definition) is 3. The van der Waals surface area contributed by atoms with Crippen molar-refractivity contribution in [2.24, 2.45) is 5.73 Å². The van der Waals surface area contributed by atoms with Gasteiger partial charge in [0.25, 0.3) is 11.8 Å². The van der Waals surface area contributed by atoms with E-state index in [1.807, 2.05) is 0 Å². The molecule has 0 saturated carbocycles. The van der Waals surface area contributed by atoms with Crippen LogP contribution in [0.3, 0.4) is 0 Å². The molecule has 2 amide bonds. The normalized spacial score (nSPS) is 15.0. The zero-order chi connectivity index (χ0) is 18.8. The van der Waals surface area contributed by atoms with Crippen LogP contribution < -0.4 is 11.1 Å². The Morgan fingerprint density at radius 2 is 2.15 bits per heavy atom. The van der Waals surface area contributed by atoms with Crippen LogP contribution >= 0.6 is 0 Å². The summed E-state index contributed by atoms with van der Waals surface area (Å²) < 4.78 is 12.3. The van der Waals surface area contributed by atoms with Crippen molar-refractivity contribution in [1.29, 1.82) is 0 Å². The summed E-state index contributed by atoms with van der Waals surface area (Å²) in [6, 6.07) is 0.0854. The molecule has 0 spiro atoms. The van der Waals surface area contributed by atoms with Gasteiger partial charge in [0.2, 0.25) is 5.89 Å². The van der Waals surface area contributed by atoms with Crippen molar-refractivity contribution in [2.75, 3.05) is 18.5 Å². The van der Waals surface area contributed by atoms with Crippen LogP contribution in [0.1, 0.15) is 39.9 Å². The lowest BCUT2D eigenvalue weighted by molar-refractivity contribution is 0.0661. The van der Waals surface area contributed by atoms with E-state index >= 15 is 0 Å². The lowest BCUT2D eigenvalue weighted by atomic mass is 10.1. The van der Waals surface area contributed by atoms with E-state index in [0.29, 0.717) is 18.8 Å². The molecule has 1 saturated heterocycles. The Kier molecular flexibility index (Phi) is 4.42. The number of nitrogens with zero attached hydrogens (tertiary/aromatic N) is 4. The third kappa shape index (κ3) is 3.44. The van der Waals surface area contributed by atoms with E-state index < -0.39 is 11.8 Å². The van der Waals surface area contributed by atoms with Crippen LogP contribution in [0.2, 0.25) is 0 Å². The van der Waals surface area contributed by atoms with Crippen molar-refractivity contribution in [1.82, 2.24) is 25.0 Å². The summed E-state index contributed by atoms with van der Waals surface area (Å²) in [4.78, 5) is 28.3. The highest BCUT2D eigenvalue weighted by Crippen LogP contribution is 2.24. The Labute approximate surface area is 152 Å². The van der Waals surface area contributed by atoms with Gasteiger partial charge in [-0.15, -0.1) is 0 Å². The summed E-state index contributed by atoms with van der Waals surface area (Å²) in [7, 11) is 0. The number of amides is 2. The Bertz CT molecular complexity index is 953. The third-order valence-corrected chi connectivity index (χ3v) is 4.26. The van der Waals surface area contributed by atoms with Crippen LogP contribution in [0.25, 0.3) is 11.5 Å². The number of carbonyl (C=O) groups excluding carboxylic acids is 2. The number of hydrogen-bond acceptors (Lipinski definition) is 7. The molecular weight excluding hydrogens is 354 g/mol. The van der Waals surface area contributed by atoms with E-state index in [4.69, 9.17) is 14.9 Å². The fourth-order valence-electron chi connectivity index (χ4n) is 2.87. The SMILES string of the molecule is NC(=O)c1nn(C2CCOCC2)cc1NC(=O)c1coc(-c2cn[nH]c2)n1. The molecule has 11 heteroatoms. The van der Waals surface area contributed by atoms with E-state index in [0.717, 1.165) is 12.8 Å². The average molecular weight is 371 g/mol. The predicted molar refractivity (Wildman–Crippen MR) is 91.9 cm³/mol. The van der Waals surface area contributed by atoms with Gasteiger partial charge < -0.3 is 20.2 Å². The van der Waals surface area contributed by atoms with E-state index in [9.17, 15) is 9.59 Å². The standard InChI is InChI=1S/C16H17N7O4/c17-14(24)13-11(7-23(22-13)10-1-3-26-4-2-10)20-15(25)12-8-27-16(21-12)9-5-18-19-6-9/h5-8,10H,1-4H2,(H2,17,24)(H,18,19)(H,20,25). The maximum Gasteiger partial charge on any atom is 0.277 e. The number of primary amides is 1. The minimum absolute atomic E-state index is 0.00612. The van der Waals surface area contributed by atoms with Gasteiger partial charge in [-0.2, -0.15) is 10.2 Å². The number of anilines is 1. The van der Waals surface area contributed by atoms with Crippen LogP contribution in [0, 0.1) is 0 Å². The van der Waals surface area contributed by atoms with Crippen molar-refractivity contribution < 1.29 is 18.7 Å². The fourth-order valence-corrected chi connectivity index (χ4v) is 2.87. The van der Waals surface area contributed by atoms with Gasteiger partial charge in [-0.05, 0) is 12.8 Å². The highest BCUT2D eigenvalue weighted by molar-refractivity contribution is 6.07. The van der Waals surface area contributed by atoms with Crippen LogP contribution in [-0.4, -0.2) is 50.0 Å². The summed E-state index contributed by atoms with van der Waals surface area (Å²) >= 11 is 0. The van der Waals surface area contributed by atoms with Crippen molar-refractivity contribution in [2.45, 2.75) is 18.9 Å². The smallest absolute Gasteiger partial charge is 0.277 e. The quantitative estimate of drug-likeness (QED) is 0.603. The summed E-state index contributed by atoms with van der Waals surface area (Å²) in [6.07, 6.45) is 7.48. The second-order valence-electron chi connectivity index (χ2n) is 6.06. The average Bonchev–Trinajstić information content (AvgIpc) is 3.42. The highest BCUT2D eigenvalue weighted by atomic mass is 16.5. The molecule has 4 rings (SSSR count). The van der Waals surface area contributed by atoms with E-state index in [-0.39, 0.29) is 29.0 Å². The van der Waals surface area contributed by atoms with Gasteiger partial charge in [-0.1, -0.05) is 0 Å². The molecule has 0 radical (unpaired) electrons. The summed E-state index contributed by atoms with van der Waals surface area (Å²) in [6.45, 7) is 1.24. The molecule has 0 aromatic carbocycles. The molecular formula is C16H17N7O4. The van der Waals surface area contributed by atoms with Gasteiger partial charge in [0.05, 0.1) is 23.5 Å². The number of nitrogens with two attached hydrogens (primary N) is 1. The molecule has 4 heterocycles. The first kappa shape index (κ1) is 17.0. The summed E-state index contributed by atoms with van der Waals surface area (Å²) in [5.74, 6) is -1.01. The van der Waals surface area contributed by atoms with Gasteiger partial charge in [-0.25, -0.2) is 4.98 Å². The molecule has 27 heavy (non-hydrogen) atoms. The van der Waals surface area contributed by atoms with Crippen molar-refractivity contribution in [3.05, 3.63) is 36.2 Å².